The highest BCUT2D eigenvalue weighted by Crippen LogP contribution is 2.44. The third kappa shape index (κ3) is 4.51. The fraction of sp³-hybridized carbons (Fsp3) is 0.533. The molecule has 0 atom stereocenters. The van der Waals surface area contributed by atoms with Crippen LogP contribution in [-0.4, -0.2) is 50.5 Å². The molecule has 0 spiro atoms. The quantitative estimate of drug-likeness (QED) is 0.866. The van der Waals surface area contributed by atoms with Crippen molar-refractivity contribution < 1.29 is 19.4 Å². The van der Waals surface area contributed by atoms with Gasteiger partial charge in [-0.2, -0.15) is 0 Å². The zero-order valence-electron chi connectivity index (χ0n) is 13.4. The summed E-state index contributed by atoms with van der Waals surface area (Å²) in [7, 11) is 0. The third-order valence-electron chi connectivity index (χ3n) is 3.22. The van der Waals surface area contributed by atoms with Gasteiger partial charge in [-0.05, 0) is 26.8 Å². The van der Waals surface area contributed by atoms with Crippen molar-refractivity contribution in [3.8, 4) is 0 Å². The number of carbonyl (C=O) groups is 2. The van der Waals surface area contributed by atoms with E-state index in [2.05, 4.69) is 4.98 Å². The van der Waals surface area contributed by atoms with E-state index in [1.807, 2.05) is 0 Å². The Morgan fingerprint density at radius 2 is 2.13 bits per heavy atom. The number of nitrogen functional groups attached to an aromatic ring is 1. The zero-order chi connectivity index (χ0) is 17.3. The van der Waals surface area contributed by atoms with Gasteiger partial charge in [-0.1, -0.05) is 0 Å². The van der Waals surface area contributed by atoms with Crippen LogP contribution >= 0.6 is 11.8 Å². The molecule has 1 fully saturated rings. The van der Waals surface area contributed by atoms with Crippen molar-refractivity contribution in [2.45, 2.75) is 42.4 Å². The van der Waals surface area contributed by atoms with Crippen molar-refractivity contribution >= 4 is 29.5 Å². The summed E-state index contributed by atoms with van der Waals surface area (Å²) >= 11 is 1.38. The lowest BCUT2D eigenvalue weighted by molar-refractivity contribution is -0.138. The number of carboxylic acids is 1. The second kappa shape index (κ2) is 6.27. The first-order chi connectivity index (χ1) is 10.6. The maximum atomic E-state index is 12.0. The summed E-state index contributed by atoms with van der Waals surface area (Å²) in [6, 6.07) is 1.75. The molecule has 1 aromatic heterocycles. The maximum Gasteiger partial charge on any atom is 0.410 e. The SMILES string of the molecule is CC(C)(C)OC(=O)N1CC(CC(=O)O)(Sc2ccncc2N)C1. The number of thioether (sulfide) groups is 1. The number of aliphatic carboxylic acids is 1. The van der Waals surface area contributed by atoms with E-state index in [0.717, 1.165) is 4.90 Å². The molecule has 1 aliphatic heterocycles. The minimum atomic E-state index is -0.908. The number of amides is 1. The first kappa shape index (κ1) is 17.4. The van der Waals surface area contributed by atoms with Gasteiger partial charge in [-0.3, -0.25) is 9.78 Å². The van der Waals surface area contributed by atoms with E-state index in [-0.39, 0.29) is 6.42 Å². The minimum Gasteiger partial charge on any atom is -0.481 e. The fourth-order valence-corrected chi connectivity index (χ4v) is 3.72. The molecule has 0 aromatic carbocycles. The van der Waals surface area contributed by atoms with Gasteiger partial charge >= 0.3 is 12.1 Å². The molecule has 2 rings (SSSR count). The molecule has 1 aliphatic rings. The minimum absolute atomic E-state index is 0.0568. The average molecular weight is 339 g/mol. The smallest absolute Gasteiger partial charge is 0.410 e. The summed E-state index contributed by atoms with van der Waals surface area (Å²) < 4.78 is 4.71. The first-order valence-corrected chi connectivity index (χ1v) is 8.00. The Balaban J connectivity index is 2.08. The van der Waals surface area contributed by atoms with E-state index in [0.29, 0.717) is 18.8 Å². The molecule has 0 radical (unpaired) electrons. The Labute approximate surface area is 139 Å². The van der Waals surface area contributed by atoms with Gasteiger partial charge in [-0.15, -0.1) is 11.8 Å². The maximum absolute atomic E-state index is 12.0. The number of nitrogens with two attached hydrogens (primary N) is 1. The molecule has 126 valence electrons. The van der Waals surface area contributed by atoms with Crippen LogP contribution in [-0.2, 0) is 9.53 Å². The van der Waals surface area contributed by atoms with Gasteiger partial charge in [0.25, 0.3) is 0 Å². The summed E-state index contributed by atoms with van der Waals surface area (Å²) in [5.41, 5.74) is 5.80. The largest absolute Gasteiger partial charge is 0.481 e. The lowest BCUT2D eigenvalue weighted by Crippen LogP contribution is -2.62. The molecule has 0 aliphatic carbocycles. The number of aromatic nitrogens is 1. The van der Waals surface area contributed by atoms with Crippen LogP contribution < -0.4 is 5.73 Å². The van der Waals surface area contributed by atoms with E-state index < -0.39 is 22.4 Å². The Bertz CT molecular complexity index is 609. The molecule has 0 bridgehead atoms. The van der Waals surface area contributed by atoms with Gasteiger partial charge < -0.3 is 20.5 Å². The third-order valence-corrected chi connectivity index (χ3v) is 4.65. The Morgan fingerprint density at radius 1 is 1.48 bits per heavy atom. The molecular formula is C15H21N3O4S. The van der Waals surface area contributed by atoms with Crippen molar-refractivity contribution in [2.75, 3.05) is 18.8 Å². The van der Waals surface area contributed by atoms with Crippen molar-refractivity contribution in [3.05, 3.63) is 18.5 Å². The molecule has 1 aromatic rings. The van der Waals surface area contributed by atoms with Crippen LogP contribution in [0.1, 0.15) is 27.2 Å². The second-order valence-corrected chi connectivity index (χ2v) is 8.12. The standard InChI is InChI=1S/C15H21N3O4S/c1-14(2,3)22-13(21)18-8-15(9-18,6-12(19)20)23-11-4-5-17-7-10(11)16/h4-5,7H,6,8-9,16H2,1-3H3,(H,19,20). The van der Waals surface area contributed by atoms with Crippen molar-refractivity contribution in [3.63, 3.8) is 0 Å². The average Bonchev–Trinajstić information content (AvgIpc) is 2.35. The summed E-state index contributed by atoms with van der Waals surface area (Å²) in [6.45, 7) is 5.99. The summed E-state index contributed by atoms with van der Waals surface area (Å²) in [4.78, 5) is 29.4. The number of hydrogen-bond acceptors (Lipinski definition) is 6. The number of likely N-dealkylation sites (tertiary alicyclic amines) is 1. The Morgan fingerprint density at radius 3 is 2.65 bits per heavy atom. The fourth-order valence-electron chi connectivity index (χ4n) is 2.31. The lowest BCUT2D eigenvalue weighted by Gasteiger charge is -2.48. The number of nitrogens with zero attached hydrogens (tertiary/aromatic N) is 2. The molecule has 1 saturated heterocycles. The summed E-state index contributed by atoms with van der Waals surface area (Å²) in [6.07, 6.45) is 2.65. The molecule has 0 unspecified atom stereocenters. The number of anilines is 1. The monoisotopic (exact) mass is 339 g/mol. The highest BCUT2D eigenvalue weighted by atomic mass is 32.2. The van der Waals surface area contributed by atoms with E-state index in [4.69, 9.17) is 10.5 Å². The number of carbonyl (C=O) groups excluding carboxylic acids is 1. The van der Waals surface area contributed by atoms with Crippen molar-refractivity contribution in [1.82, 2.24) is 9.88 Å². The number of carboxylic acid groups (broad SMARTS) is 1. The second-order valence-electron chi connectivity index (χ2n) is 6.61. The molecule has 0 saturated carbocycles. The van der Waals surface area contributed by atoms with Crippen LogP contribution in [0.5, 0.6) is 0 Å². The topological polar surface area (TPSA) is 106 Å². The van der Waals surface area contributed by atoms with E-state index in [1.165, 1.54) is 22.9 Å². The number of ether oxygens (including phenoxy) is 1. The number of pyridine rings is 1. The normalized spacial score (nSPS) is 16.6. The van der Waals surface area contributed by atoms with Crippen LogP contribution in [0.3, 0.4) is 0 Å². The van der Waals surface area contributed by atoms with Gasteiger partial charge in [0.1, 0.15) is 5.60 Å². The molecule has 7 nitrogen and oxygen atoms in total. The molecule has 1 amide bonds. The predicted octanol–water partition coefficient (Wildman–Crippen LogP) is 2.22. The van der Waals surface area contributed by atoms with Crippen LogP contribution in [0.15, 0.2) is 23.4 Å². The number of rotatable bonds is 4. The van der Waals surface area contributed by atoms with Gasteiger partial charge in [0.15, 0.2) is 0 Å². The van der Waals surface area contributed by atoms with Gasteiger partial charge in [0, 0.05) is 24.2 Å². The molecular weight excluding hydrogens is 318 g/mol. The van der Waals surface area contributed by atoms with Crippen LogP contribution in [0.2, 0.25) is 0 Å². The first-order valence-electron chi connectivity index (χ1n) is 7.18. The lowest BCUT2D eigenvalue weighted by atomic mass is 9.95. The van der Waals surface area contributed by atoms with Crippen LogP contribution in [0, 0.1) is 0 Å². The van der Waals surface area contributed by atoms with Crippen LogP contribution in [0.4, 0.5) is 10.5 Å². The van der Waals surface area contributed by atoms with Crippen molar-refractivity contribution in [1.29, 1.82) is 0 Å². The van der Waals surface area contributed by atoms with E-state index in [1.54, 1.807) is 33.0 Å². The highest BCUT2D eigenvalue weighted by Gasteiger charge is 2.49. The Kier molecular flexibility index (Phi) is 4.74. The van der Waals surface area contributed by atoms with Gasteiger partial charge in [-0.25, -0.2) is 4.79 Å². The summed E-state index contributed by atoms with van der Waals surface area (Å²) in [5.74, 6) is -0.908. The predicted molar refractivity (Wildman–Crippen MR) is 87.3 cm³/mol. The molecule has 23 heavy (non-hydrogen) atoms. The van der Waals surface area contributed by atoms with Gasteiger partial charge in [0.05, 0.1) is 23.1 Å². The highest BCUT2D eigenvalue weighted by molar-refractivity contribution is 8.01. The summed E-state index contributed by atoms with van der Waals surface area (Å²) in [5, 5.41) is 9.18. The van der Waals surface area contributed by atoms with E-state index >= 15 is 0 Å². The van der Waals surface area contributed by atoms with E-state index in [9.17, 15) is 14.7 Å². The molecule has 2 heterocycles. The zero-order valence-corrected chi connectivity index (χ0v) is 14.2. The molecule has 8 heteroatoms. The number of hydrogen-bond donors (Lipinski definition) is 2. The van der Waals surface area contributed by atoms with Crippen molar-refractivity contribution in [2.24, 2.45) is 0 Å². The van der Waals surface area contributed by atoms with Gasteiger partial charge in [0.2, 0.25) is 0 Å². The van der Waals surface area contributed by atoms with Crippen LogP contribution in [0.25, 0.3) is 0 Å². The Hall–Kier alpha value is -1.96. The molecule has 3 N–H and O–H groups in total.